The number of hydrogen-bond acceptors (Lipinski definition) is 6. The topological polar surface area (TPSA) is 79.1 Å². The highest BCUT2D eigenvalue weighted by atomic mass is 35.5. The van der Waals surface area contributed by atoms with Gasteiger partial charge in [0.25, 0.3) is 0 Å². The maximum absolute atomic E-state index is 12.2. The van der Waals surface area contributed by atoms with Crippen LogP contribution in [-0.2, 0) is 23.9 Å². The van der Waals surface area contributed by atoms with Gasteiger partial charge in [0.1, 0.15) is 0 Å². The van der Waals surface area contributed by atoms with Crippen molar-refractivity contribution in [3.63, 3.8) is 0 Å². The largest absolute Gasteiger partial charge is 0.469 e. The summed E-state index contributed by atoms with van der Waals surface area (Å²) in [5.74, 6) is -1.16. The van der Waals surface area contributed by atoms with Crippen molar-refractivity contribution in [1.82, 2.24) is 4.57 Å². The molecule has 0 aliphatic carbocycles. The van der Waals surface area contributed by atoms with Gasteiger partial charge in [-0.15, -0.1) is 0 Å². The summed E-state index contributed by atoms with van der Waals surface area (Å²) in [6.07, 6.45) is 7.69. The van der Waals surface area contributed by atoms with Crippen LogP contribution in [-0.4, -0.2) is 42.0 Å². The number of rotatable bonds is 10. The van der Waals surface area contributed by atoms with Gasteiger partial charge in [-0.25, -0.2) is 4.79 Å². The number of hydrogen-bond donors (Lipinski definition) is 0. The standard InChI is InChI=1S/C26H31ClN2O5/c1-18-11-12-19(2)29(18)23-15-21(27)14-13-20(23)9-7-5-6-8-10-22-16-26(34-28-22,25(31)33-4)17-24(30)32-3/h7,9,11-15H,5-6,8,10,16-17H2,1-4H3/b9-7+. The van der Waals surface area contributed by atoms with E-state index in [1.165, 1.54) is 14.2 Å². The van der Waals surface area contributed by atoms with E-state index < -0.39 is 17.5 Å². The average Bonchev–Trinajstić information content (AvgIpc) is 3.39. The molecule has 1 unspecified atom stereocenters. The van der Waals surface area contributed by atoms with Gasteiger partial charge < -0.3 is 18.9 Å². The first kappa shape index (κ1) is 25.6. The second kappa shape index (κ2) is 11.4. The van der Waals surface area contributed by atoms with Crippen LogP contribution in [0.1, 0.15) is 55.5 Å². The van der Waals surface area contributed by atoms with Crippen molar-refractivity contribution in [2.24, 2.45) is 5.16 Å². The summed E-state index contributed by atoms with van der Waals surface area (Å²) >= 11 is 6.27. The maximum atomic E-state index is 12.2. The average molecular weight is 487 g/mol. The number of oxime groups is 1. The number of allylic oxidation sites excluding steroid dienone is 1. The van der Waals surface area contributed by atoms with E-state index in [2.05, 4.69) is 52.6 Å². The number of esters is 2. The molecule has 1 atom stereocenters. The van der Waals surface area contributed by atoms with E-state index >= 15 is 0 Å². The third kappa shape index (κ3) is 5.89. The maximum Gasteiger partial charge on any atom is 0.354 e. The molecule has 0 spiro atoms. The van der Waals surface area contributed by atoms with Crippen molar-refractivity contribution >= 4 is 35.3 Å². The fourth-order valence-electron chi connectivity index (χ4n) is 4.15. The number of aromatic nitrogens is 1. The van der Waals surface area contributed by atoms with Crippen LogP contribution in [0.3, 0.4) is 0 Å². The number of aryl methyl sites for hydroxylation is 2. The van der Waals surface area contributed by atoms with Gasteiger partial charge in [-0.3, -0.25) is 4.79 Å². The minimum atomic E-state index is -1.42. The normalized spacial score (nSPS) is 17.5. The van der Waals surface area contributed by atoms with Crippen molar-refractivity contribution in [3.8, 4) is 5.69 Å². The van der Waals surface area contributed by atoms with Gasteiger partial charge in [0.05, 0.1) is 32.0 Å². The molecule has 0 bridgehead atoms. The van der Waals surface area contributed by atoms with Gasteiger partial charge >= 0.3 is 11.9 Å². The lowest BCUT2D eigenvalue weighted by Gasteiger charge is -2.22. The fourth-order valence-corrected chi connectivity index (χ4v) is 4.32. The second-order valence-corrected chi connectivity index (χ2v) is 8.90. The third-order valence-electron chi connectivity index (χ3n) is 5.94. The zero-order chi connectivity index (χ0) is 24.7. The zero-order valence-corrected chi connectivity index (χ0v) is 20.9. The van der Waals surface area contributed by atoms with E-state index in [9.17, 15) is 9.59 Å². The Kier molecular flexibility index (Phi) is 8.56. The van der Waals surface area contributed by atoms with Gasteiger partial charge in [-0.2, -0.15) is 0 Å². The number of nitrogens with zero attached hydrogens (tertiary/aromatic N) is 2. The molecule has 0 fully saturated rings. The van der Waals surface area contributed by atoms with Gasteiger partial charge in [-0.1, -0.05) is 35.0 Å². The monoisotopic (exact) mass is 486 g/mol. The van der Waals surface area contributed by atoms with Gasteiger partial charge in [0.2, 0.25) is 5.60 Å². The van der Waals surface area contributed by atoms with Crippen molar-refractivity contribution in [3.05, 3.63) is 58.4 Å². The Labute approximate surface area is 205 Å². The summed E-state index contributed by atoms with van der Waals surface area (Å²) in [6, 6.07) is 10.1. The summed E-state index contributed by atoms with van der Waals surface area (Å²) in [6.45, 7) is 4.16. The van der Waals surface area contributed by atoms with Crippen LogP contribution in [0.5, 0.6) is 0 Å². The summed E-state index contributed by atoms with van der Waals surface area (Å²) in [5, 5.41) is 4.75. The quantitative estimate of drug-likeness (QED) is 0.324. The lowest BCUT2D eigenvalue weighted by Crippen LogP contribution is -2.42. The molecule has 1 aromatic carbocycles. The summed E-state index contributed by atoms with van der Waals surface area (Å²) < 4.78 is 11.7. The van der Waals surface area contributed by atoms with Crippen LogP contribution in [0.25, 0.3) is 11.8 Å². The molecule has 0 radical (unpaired) electrons. The van der Waals surface area contributed by atoms with Gasteiger partial charge in [-0.05, 0) is 69.4 Å². The van der Waals surface area contributed by atoms with E-state index in [-0.39, 0.29) is 12.8 Å². The van der Waals surface area contributed by atoms with E-state index in [1.807, 2.05) is 18.2 Å². The van der Waals surface area contributed by atoms with Crippen LogP contribution < -0.4 is 0 Å². The van der Waals surface area contributed by atoms with Crippen LogP contribution in [0.2, 0.25) is 5.02 Å². The number of carbonyl (C=O) groups is 2. The molecule has 34 heavy (non-hydrogen) atoms. The first-order chi connectivity index (χ1) is 16.3. The molecule has 1 aliphatic heterocycles. The molecule has 2 aromatic rings. The summed E-state index contributed by atoms with van der Waals surface area (Å²) in [7, 11) is 2.53. The molecule has 0 amide bonds. The first-order valence-electron chi connectivity index (χ1n) is 11.3. The Bertz CT molecular complexity index is 1090. The highest BCUT2D eigenvalue weighted by Crippen LogP contribution is 2.31. The zero-order valence-electron chi connectivity index (χ0n) is 20.1. The van der Waals surface area contributed by atoms with E-state index in [0.29, 0.717) is 11.4 Å². The Morgan fingerprint density at radius 2 is 1.88 bits per heavy atom. The highest BCUT2D eigenvalue weighted by molar-refractivity contribution is 6.30. The van der Waals surface area contributed by atoms with Crippen molar-refractivity contribution < 1.29 is 23.9 Å². The molecular weight excluding hydrogens is 456 g/mol. The van der Waals surface area contributed by atoms with Crippen molar-refractivity contribution in [2.75, 3.05) is 14.2 Å². The minimum absolute atomic E-state index is 0.227. The lowest BCUT2D eigenvalue weighted by molar-refractivity contribution is -0.173. The molecular formula is C26H31ClN2O5. The summed E-state index contributed by atoms with van der Waals surface area (Å²) in [5.41, 5.74) is 3.80. The Morgan fingerprint density at radius 1 is 1.15 bits per heavy atom. The van der Waals surface area contributed by atoms with Crippen LogP contribution in [0, 0.1) is 13.8 Å². The molecule has 1 aliphatic rings. The third-order valence-corrected chi connectivity index (χ3v) is 6.18. The molecule has 0 N–H and O–H groups in total. The molecule has 7 nitrogen and oxygen atoms in total. The van der Waals surface area contributed by atoms with Crippen molar-refractivity contribution in [2.45, 2.75) is 58.0 Å². The van der Waals surface area contributed by atoms with E-state index in [4.69, 9.17) is 21.2 Å². The van der Waals surface area contributed by atoms with Crippen LogP contribution >= 0.6 is 11.6 Å². The molecule has 2 heterocycles. The lowest BCUT2D eigenvalue weighted by atomic mass is 9.92. The van der Waals surface area contributed by atoms with Crippen molar-refractivity contribution in [1.29, 1.82) is 0 Å². The second-order valence-electron chi connectivity index (χ2n) is 8.47. The van der Waals surface area contributed by atoms with Gasteiger partial charge in [0.15, 0.2) is 0 Å². The number of methoxy groups -OCH3 is 2. The van der Waals surface area contributed by atoms with Crippen LogP contribution in [0.4, 0.5) is 0 Å². The Balaban J connectivity index is 1.54. The first-order valence-corrected chi connectivity index (χ1v) is 11.7. The molecule has 0 saturated carbocycles. The summed E-state index contributed by atoms with van der Waals surface area (Å²) in [4.78, 5) is 29.3. The Hall–Kier alpha value is -3.06. The smallest absolute Gasteiger partial charge is 0.354 e. The molecule has 1 aromatic heterocycles. The number of ether oxygens (including phenoxy) is 2. The molecule has 8 heteroatoms. The molecule has 0 saturated heterocycles. The SMILES string of the molecule is COC(=O)CC1(C(=O)OC)CC(CCCC/C=C/c2ccc(Cl)cc2-n2c(C)ccc2C)=NO1. The van der Waals surface area contributed by atoms with E-state index in [0.717, 1.165) is 47.6 Å². The number of halogens is 1. The van der Waals surface area contributed by atoms with Gasteiger partial charge in [0, 0.05) is 22.8 Å². The number of benzene rings is 1. The molecule has 3 rings (SSSR count). The highest BCUT2D eigenvalue weighted by Gasteiger charge is 2.49. The molecule has 182 valence electrons. The predicted octanol–water partition coefficient (Wildman–Crippen LogP) is 5.57. The minimum Gasteiger partial charge on any atom is -0.469 e. The predicted molar refractivity (Wildman–Crippen MR) is 132 cm³/mol. The van der Waals surface area contributed by atoms with Crippen LogP contribution in [0.15, 0.2) is 41.6 Å². The van der Waals surface area contributed by atoms with E-state index in [1.54, 1.807) is 0 Å². The number of unbranched alkanes of at least 4 members (excludes halogenated alkanes) is 2. The Morgan fingerprint density at radius 3 is 2.56 bits per heavy atom. The number of carbonyl (C=O) groups excluding carboxylic acids is 2. The fraction of sp³-hybridized carbons (Fsp3) is 0.423.